The Morgan fingerprint density at radius 3 is 2.82 bits per heavy atom. The largest absolute Gasteiger partial charge is 0.451 e. The molecule has 1 aliphatic heterocycles. The van der Waals surface area contributed by atoms with E-state index in [1.54, 1.807) is 24.3 Å². The zero-order valence-electron chi connectivity index (χ0n) is 12.0. The van der Waals surface area contributed by atoms with Gasteiger partial charge in [-0.1, -0.05) is 6.07 Å². The lowest BCUT2D eigenvalue weighted by Crippen LogP contribution is -2.47. The molecule has 1 aromatic carbocycles. The van der Waals surface area contributed by atoms with Crippen molar-refractivity contribution in [2.75, 3.05) is 6.54 Å². The van der Waals surface area contributed by atoms with E-state index in [0.717, 1.165) is 24.8 Å². The van der Waals surface area contributed by atoms with Gasteiger partial charge in [0.05, 0.1) is 0 Å². The van der Waals surface area contributed by atoms with Gasteiger partial charge >= 0.3 is 0 Å². The van der Waals surface area contributed by atoms with E-state index in [9.17, 15) is 9.59 Å². The SMILES string of the molecule is NC(=O)c1cc2ccc(C(=O)NC3CC4CNC3C4)cc2o1. The smallest absolute Gasteiger partial charge is 0.284 e. The van der Waals surface area contributed by atoms with Crippen LogP contribution in [0.5, 0.6) is 0 Å². The summed E-state index contributed by atoms with van der Waals surface area (Å²) >= 11 is 0. The summed E-state index contributed by atoms with van der Waals surface area (Å²) in [5.74, 6) is 0.0550. The summed E-state index contributed by atoms with van der Waals surface area (Å²) in [6.07, 6.45) is 2.18. The fraction of sp³-hybridized carbons (Fsp3) is 0.375. The maximum absolute atomic E-state index is 12.4. The number of piperidine rings is 1. The van der Waals surface area contributed by atoms with Crippen LogP contribution in [0.2, 0.25) is 0 Å². The predicted molar refractivity (Wildman–Crippen MR) is 80.5 cm³/mol. The lowest BCUT2D eigenvalue weighted by Gasteiger charge is -2.23. The Bertz CT molecular complexity index is 767. The topological polar surface area (TPSA) is 97.4 Å². The number of carbonyl (C=O) groups excluding carboxylic acids is 2. The molecule has 2 fully saturated rings. The molecule has 1 aromatic heterocycles. The van der Waals surface area contributed by atoms with Gasteiger partial charge in [-0.05, 0) is 43.5 Å². The van der Waals surface area contributed by atoms with Gasteiger partial charge in [0.25, 0.3) is 11.8 Å². The minimum absolute atomic E-state index is 0.102. The summed E-state index contributed by atoms with van der Waals surface area (Å²) in [6.45, 7) is 1.06. The third-order valence-electron chi connectivity index (χ3n) is 4.67. The van der Waals surface area contributed by atoms with Crippen LogP contribution in [-0.2, 0) is 0 Å². The zero-order chi connectivity index (χ0) is 15.3. The van der Waals surface area contributed by atoms with Gasteiger partial charge in [0.1, 0.15) is 5.58 Å². The predicted octanol–water partition coefficient (Wildman–Crippen LogP) is 1.01. The number of fused-ring (bicyclic) bond motifs is 3. The molecule has 1 saturated carbocycles. The van der Waals surface area contributed by atoms with Crippen LogP contribution in [0.4, 0.5) is 0 Å². The zero-order valence-corrected chi connectivity index (χ0v) is 12.0. The average Bonchev–Trinajstić information content (AvgIpc) is 3.20. The monoisotopic (exact) mass is 299 g/mol. The van der Waals surface area contributed by atoms with Crippen molar-refractivity contribution in [2.24, 2.45) is 11.7 Å². The van der Waals surface area contributed by atoms with Crippen molar-refractivity contribution >= 4 is 22.8 Å². The molecule has 2 aromatic rings. The Hall–Kier alpha value is -2.34. The quantitative estimate of drug-likeness (QED) is 0.788. The summed E-state index contributed by atoms with van der Waals surface area (Å²) in [4.78, 5) is 23.5. The number of nitrogens with one attached hydrogen (secondary N) is 2. The van der Waals surface area contributed by atoms with Gasteiger partial charge in [0, 0.05) is 23.0 Å². The first-order valence-corrected chi connectivity index (χ1v) is 7.48. The minimum atomic E-state index is -0.616. The second-order valence-corrected chi connectivity index (χ2v) is 6.16. The Kier molecular flexibility index (Phi) is 2.94. The number of furan rings is 1. The minimum Gasteiger partial charge on any atom is -0.451 e. The highest BCUT2D eigenvalue weighted by Gasteiger charge is 2.40. The summed E-state index contributed by atoms with van der Waals surface area (Å²) in [5, 5.41) is 7.27. The van der Waals surface area contributed by atoms with E-state index >= 15 is 0 Å². The Balaban J connectivity index is 1.55. The fourth-order valence-electron chi connectivity index (χ4n) is 3.56. The van der Waals surface area contributed by atoms with Crippen molar-refractivity contribution < 1.29 is 14.0 Å². The van der Waals surface area contributed by atoms with E-state index in [0.29, 0.717) is 23.1 Å². The van der Waals surface area contributed by atoms with Crippen LogP contribution >= 0.6 is 0 Å². The molecule has 22 heavy (non-hydrogen) atoms. The van der Waals surface area contributed by atoms with Crippen molar-refractivity contribution in [1.29, 1.82) is 0 Å². The standard InChI is InChI=1S/C16H17N3O3/c17-15(20)14-5-9-1-2-10(6-13(9)22-14)16(21)19-12-4-8-3-11(12)18-7-8/h1-2,5-6,8,11-12,18H,3-4,7H2,(H2,17,20)(H,19,21). The molecular formula is C16H17N3O3. The first-order valence-electron chi connectivity index (χ1n) is 7.48. The van der Waals surface area contributed by atoms with E-state index in [1.165, 1.54) is 0 Å². The first-order chi connectivity index (χ1) is 10.6. The molecular weight excluding hydrogens is 282 g/mol. The van der Waals surface area contributed by atoms with Gasteiger partial charge in [-0.25, -0.2) is 0 Å². The maximum atomic E-state index is 12.4. The van der Waals surface area contributed by atoms with Gasteiger partial charge in [-0.2, -0.15) is 0 Å². The number of primary amides is 1. The molecule has 1 aliphatic carbocycles. The normalized spacial score (nSPS) is 26.5. The van der Waals surface area contributed by atoms with Crippen LogP contribution in [0.25, 0.3) is 11.0 Å². The Morgan fingerprint density at radius 2 is 2.14 bits per heavy atom. The van der Waals surface area contributed by atoms with Crippen molar-refractivity contribution in [3.63, 3.8) is 0 Å². The third kappa shape index (κ3) is 2.16. The van der Waals surface area contributed by atoms with Crippen LogP contribution < -0.4 is 16.4 Å². The van der Waals surface area contributed by atoms with Crippen LogP contribution in [0.3, 0.4) is 0 Å². The Labute approximate surface area is 127 Å². The second-order valence-electron chi connectivity index (χ2n) is 6.16. The maximum Gasteiger partial charge on any atom is 0.284 e. The molecule has 6 heteroatoms. The summed E-state index contributed by atoms with van der Waals surface area (Å²) in [5.41, 5.74) is 6.22. The molecule has 2 amide bonds. The molecule has 4 rings (SSSR count). The number of hydrogen-bond donors (Lipinski definition) is 3. The third-order valence-corrected chi connectivity index (χ3v) is 4.67. The van der Waals surface area contributed by atoms with E-state index in [4.69, 9.17) is 10.2 Å². The summed E-state index contributed by atoms with van der Waals surface area (Å²) in [6, 6.07) is 7.32. The molecule has 2 bridgehead atoms. The molecule has 1 saturated heterocycles. The Morgan fingerprint density at radius 1 is 1.27 bits per heavy atom. The molecule has 6 nitrogen and oxygen atoms in total. The fourth-order valence-corrected chi connectivity index (χ4v) is 3.56. The average molecular weight is 299 g/mol. The van der Waals surface area contributed by atoms with Crippen molar-refractivity contribution in [2.45, 2.75) is 24.9 Å². The molecule has 3 atom stereocenters. The summed E-state index contributed by atoms with van der Waals surface area (Å²) in [7, 11) is 0. The highest BCUT2D eigenvalue weighted by molar-refractivity contribution is 6.00. The van der Waals surface area contributed by atoms with Crippen LogP contribution in [0.15, 0.2) is 28.7 Å². The number of amides is 2. The van der Waals surface area contributed by atoms with E-state index in [-0.39, 0.29) is 17.7 Å². The molecule has 2 heterocycles. The number of benzene rings is 1. The molecule has 2 aliphatic rings. The van der Waals surface area contributed by atoms with Crippen LogP contribution in [0, 0.1) is 5.92 Å². The molecule has 0 spiro atoms. The number of rotatable bonds is 3. The van der Waals surface area contributed by atoms with Gasteiger partial charge in [0.2, 0.25) is 0 Å². The van der Waals surface area contributed by atoms with Crippen molar-refractivity contribution in [1.82, 2.24) is 10.6 Å². The van der Waals surface area contributed by atoms with Crippen LogP contribution in [0.1, 0.15) is 33.8 Å². The highest BCUT2D eigenvalue weighted by Crippen LogP contribution is 2.31. The lowest BCUT2D eigenvalue weighted by molar-refractivity contribution is 0.0927. The first kappa shape index (κ1) is 13.3. The van der Waals surface area contributed by atoms with Gasteiger partial charge < -0.3 is 20.8 Å². The van der Waals surface area contributed by atoms with E-state index < -0.39 is 5.91 Å². The van der Waals surface area contributed by atoms with Gasteiger partial charge in [-0.3, -0.25) is 9.59 Å². The number of carbonyl (C=O) groups is 2. The van der Waals surface area contributed by atoms with Crippen LogP contribution in [-0.4, -0.2) is 30.4 Å². The second kappa shape index (κ2) is 4.84. The molecule has 4 N–H and O–H groups in total. The molecule has 3 unspecified atom stereocenters. The van der Waals surface area contributed by atoms with Gasteiger partial charge in [0.15, 0.2) is 5.76 Å². The molecule has 0 radical (unpaired) electrons. The number of hydrogen-bond acceptors (Lipinski definition) is 4. The van der Waals surface area contributed by atoms with Crippen molar-refractivity contribution in [3.05, 3.63) is 35.6 Å². The van der Waals surface area contributed by atoms with Crippen molar-refractivity contribution in [3.8, 4) is 0 Å². The molecule has 114 valence electrons. The highest BCUT2D eigenvalue weighted by atomic mass is 16.3. The van der Waals surface area contributed by atoms with E-state index in [1.807, 2.05) is 0 Å². The van der Waals surface area contributed by atoms with Gasteiger partial charge in [-0.15, -0.1) is 0 Å². The summed E-state index contributed by atoms with van der Waals surface area (Å²) < 4.78 is 5.37. The number of nitrogens with two attached hydrogens (primary N) is 1. The lowest BCUT2D eigenvalue weighted by atomic mass is 10.1. The van der Waals surface area contributed by atoms with E-state index in [2.05, 4.69) is 10.6 Å².